The van der Waals surface area contributed by atoms with E-state index in [-0.39, 0.29) is 12.0 Å². The van der Waals surface area contributed by atoms with Crippen LogP contribution >= 0.6 is 0 Å². The average molecular weight is 285 g/mol. The molecule has 4 nitrogen and oxygen atoms in total. The van der Waals surface area contributed by atoms with E-state index in [2.05, 4.69) is 12.2 Å². The van der Waals surface area contributed by atoms with Gasteiger partial charge in [-0.15, -0.1) is 0 Å². The van der Waals surface area contributed by atoms with Gasteiger partial charge in [0, 0.05) is 19.3 Å². The van der Waals surface area contributed by atoms with Crippen LogP contribution in [-0.2, 0) is 14.3 Å². The van der Waals surface area contributed by atoms with Gasteiger partial charge in [0.1, 0.15) is 6.04 Å². The van der Waals surface area contributed by atoms with E-state index in [1.165, 1.54) is 52.1 Å². The van der Waals surface area contributed by atoms with E-state index < -0.39 is 0 Å². The normalized spacial score (nSPS) is 16.1. The van der Waals surface area contributed by atoms with E-state index in [0.29, 0.717) is 19.1 Å². The lowest BCUT2D eigenvalue weighted by Crippen LogP contribution is -2.39. The highest BCUT2D eigenvalue weighted by atomic mass is 16.5. The predicted octanol–water partition coefficient (Wildman–Crippen LogP) is 3.05. The molecule has 0 bridgehead atoms. The van der Waals surface area contributed by atoms with Gasteiger partial charge in [0.05, 0.1) is 7.11 Å². The summed E-state index contributed by atoms with van der Waals surface area (Å²) in [6.07, 6.45) is 10.7. The van der Waals surface area contributed by atoms with Crippen molar-refractivity contribution in [2.45, 2.75) is 76.8 Å². The second kappa shape index (κ2) is 11.1. The summed E-state index contributed by atoms with van der Waals surface area (Å²) >= 11 is 0. The first-order chi connectivity index (χ1) is 9.77. The molecule has 1 unspecified atom stereocenters. The first-order valence-corrected chi connectivity index (χ1v) is 8.19. The van der Waals surface area contributed by atoms with Gasteiger partial charge in [0.15, 0.2) is 0 Å². The molecule has 4 heteroatoms. The van der Waals surface area contributed by atoms with Crippen LogP contribution in [0, 0.1) is 0 Å². The largest absolute Gasteiger partial charge is 0.468 e. The van der Waals surface area contributed by atoms with Crippen LogP contribution in [0.3, 0.4) is 0 Å². The number of ether oxygens (including phenoxy) is 2. The van der Waals surface area contributed by atoms with E-state index in [0.717, 1.165) is 13.0 Å². The molecule has 0 spiro atoms. The summed E-state index contributed by atoms with van der Waals surface area (Å²) in [6, 6.07) is 0.315. The molecule has 1 saturated carbocycles. The zero-order valence-electron chi connectivity index (χ0n) is 13.2. The van der Waals surface area contributed by atoms with Crippen LogP contribution in [0.1, 0.15) is 64.7 Å². The van der Waals surface area contributed by atoms with E-state index >= 15 is 0 Å². The van der Waals surface area contributed by atoms with Gasteiger partial charge in [0.2, 0.25) is 0 Å². The maximum absolute atomic E-state index is 11.6. The zero-order valence-corrected chi connectivity index (χ0v) is 13.2. The summed E-state index contributed by atoms with van der Waals surface area (Å²) in [5.41, 5.74) is 0. The van der Waals surface area contributed by atoms with E-state index in [1.807, 2.05) is 0 Å². The molecule has 20 heavy (non-hydrogen) atoms. The Morgan fingerprint density at radius 2 is 1.85 bits per heavy atom. The van der Waals surface area contributed by atoms with Crippen LogP contribution in [0.5, 0.6) is 0 Å². The Morgan fingerprint density at radius 3 is 2.50 bits per heavy atom. The van der Waals surface area contributed by atoms with Crippen molar-refractivity contribution in [2.75, 3.05) is 20.3 Å². The van der Waals surface area contributed by atoms with Gasteiger partial charge in [-0.3, -0.25) is 4.79 Å². The van der Waals surface area contributed by atoms with Crippen molar-refractivity contribution >= 4 is 5.97 Å². The topological polar surface area (TPSA) is 47.6 Å². The van der Waals surface area contributed by atoms with E-state index in [1.54, 1.807) is 0 Å². The monoisotopic (exact) mass is 285 g/mol. The lowest BCUT2D eigenvalue weighted by molar-refractivity contribution is -0.143. The number of hydrogen-bond acceptors (Lipinski definition) is 4. The van der Waals surface area contributed by atoms with Crippen molar-refractivity contribution in [3.63, 3.8) is 0 Å². The minimum absolute atomic E-state index is 0.167. The number of unbranched alkanes of at least 4 members (excludes halogenated alkanes) is 5. The standard InChI is InChI=1S/C16H31NO3/c1-3-4-5-6-7-8-12-20-13-11-15(16(18)19-2)17-14-9-10-14/h14-15,17H,3-13H2,1-2H3. The highest BCUT2D eigenvalue weighted by molar-refractivity contribution is 5.75. The first kappa shape index (κ1) is 17.4. The molecule has 0 heterocycles. The van der Waals surface area contributed by atoms with Crippen molar-refractivity contribution in [2.24, 2.45) is 0 Å². The van der Waals surface area contributed by atoms with Crippen molar-refractivity contribution in [3.8, 4) is 0 Å². The van der Waals surface area contributed by atoms with Gasteiger partial charge in [-0.1, -0.05) is 39.0 Å². The molecule has 0 radical (unpaired) electrons. The lowest BCUT2D eigenvalue weighted by atomic mass is 10.1. The number of hydrogen-bond donors (Lipinski definition) is 1. The van der Waals surface area contributed by atoms with Gasteiger partial charge in [-0.25, -0.2) is 0 Å². The molecule has 0 aromatic carbocycles. The third-order valence-corrected chi connectivity index (χ3v) is 3.69. The van der Waals surface area contributed by atoms with Gasteiger partial charge in [0.25, 0.3) is 0 Å². The fourth-order valence-electron chi connectivity index (χ4n) is 2.23. The molecule has 0 aliphatic heterocycles. The van der Waals surface area contributed by atoms with Gasteiger partial charge < -0.3 is 14.8 Å². The van der Waals surface area contributed by atoms with Crippen LogP contribution in [0.2, 0.25) is 0 Å². The fourth-order valence-corrected chi connectivity index (χ4v) is 2.23. The van der Waals surface area contributed by atoms with Crippen molar-refractivity contribution in [1.29, 1.82) is 0 Å². The highest BCUT2D eigenvalue weighted by Gasteiger charge is 2.28. The summed E-state index contributed by atoms with van der Waals surface area (Å²) in [6.45, 7) is 3.68. The summed E-state index contributed by atoms with van der Waals surface area (Å²) in [5, 5.41) is 3.31. The summed E-state index contributed by atoms with van der Waals surface area (Å²) in [7, 11) is 1.45. The smallest absolute Gasteiger partial charge is 0.322 e. The van der Waals surface area contributed by atoms with E-state index in [4.69, 9.17) is 9.47 Å². The van der Waals surface area contributed by atoms with E-state index in [9.17, 15) is 4.79 Å². The SMILES string of the molecule is CCCCCCCCOCCC(NC1CC1)C(=O)OC. The molecule has 1 atom stereocenters. The molecule has 1 rings (SSSR count). The summed E-state index contributed by atoms with van der Waals surface area (Å²) < 4.78 is 10.4. The number of rotatable bonds is 13. The molecular weight excluding hydrogens is 254 g/mol. The fraction of sp³-hybridized carbons (Fsp3) is 0.938. The Balaban J connectivity index is 1.95. The Labute approximate surface area is 123 Å². The van der Waals surface area contributed by atoms with Crippen molar-refractivity contribution in [3.05, 3.63) is 0 Å². The van der Waals surface area contributed by atoms with Crippen LogP contribution in [0.25, 0.3) is 0 Å². The van der Waals surface area contributed by atoms with Crippen molar-refractivity contribution in [1.82, 2.24) is 5.32 Å². The minimum atomic E-state index is -0.197. The third-order valence-electron chi connectivity index (χ3n) is 3.69. The molecular formula is C16H31NO3. The first-order valence-electron chi connectivity index (χ1n) is 8.19. The quantitative estimate of drug-likeness (QED) is 0.417. The summed E-state index contributed by atoms with van der Waals surface area (Å²) in [5.74, 6) is -0.167. The number of esters is 1. The molecule has 118 valence electrons. The lowest BCUT2D eigenvalue weighted by Gasteiger charge is -2.16. The number of methoxy groups -OCH3 is 1. The zero-order chi connectivity index (χ0) is 14.6. The molecule has 1 fully saturated rings. The molecule has 1 aliphatic rings. The van der Waals surface area contributed by atoms with Crippen LogP contribution in [0.15, 0.2) is 0 Å². The van der Waals surface area contributed by atoms with Crippen molar-refractivity contribution < 1.29 is 14.3 Å². The molecule has 1 aliphatic carbocycles. The maximum atomic E-state index is 11.6. The molecule has 0 aromatic heterocycles. The Bertz CT molecular complexity index is 254. The maximum Gasteiger partial charge on any atom is 0.322 e. The van der Waals surface area contributed by atoms with Gasteiger partial charge >= 0.3 is 5.97 Å². The molecule has 0 amide bonds. The predicted molar refractivity (Wildman–Crippen MR) is 80.8 cm³/mol. The number of nitrogens with one attached hydrogen (secondary N) is 1. The Kier molecular flexibility index (Phi) is 9.67. The summed E-state index contributed by atoms with van der Waals surface area (Å²) in [4.78, 5) is 11.6. The highest BCUT2D eigenvalue weighted by Crippen LogP contribution is 2.20. The molecule has 1 N–H and O–H groups in total. The van der Waals surface area contributed by atoms with Crippen LogP contribution < -0.4 is 5.32 Å². The number of carbonyl (C=O) groups excluding carboxylic acids is 1. The van der Waals surface area contributed by atoms with Gasteiger partial charge in [-0.05, 0) is 25.7 Å². The molecule has 0 aromatic rings. The van der Waals surface area contributed by atoms with Gasteiger partial charge in [-0.2, -0.15) is 0 Å². The van der Waals surface area contributed by atoms with Crippen LogP contribution in [0.4, 0.5) is 0 Å². The number of carbonyl (C=O) groups is 1. The third kappa shape index (κ3) is 8.54. The minimum Gasteiger partial charge on any atom is -0.468 e. The molecule has 0 saturated heterocycles. The Morgan fingerprint density at radius 1 is 1.15 bits per heavy atom. The second-order valence-electron chi connectivity index (χ2n) is 5.69. The average Bonchev–Trinajstić information content (AvgIpc) is 3.27. The second-order valence-corrected chi connectivity index (χ2v) is 5.69. The Hall–Kier alpha value is -0.610. The van der Waals surface area contributed by atoms with Crippen LogP contribution in [-0.4, -0.2) is 38.4 Å².